The molecule has 1 aliphatic heterocycles. The van der Waals surface area contributed by atoms with Crippen LogP contribution in [-0.4, -0.2) is 29.9 Å². The lowest BCUT2D eigenvalue weighted by molar-refractivity contribution is -0.137. The average Bonchev–Trinajstić information content (AvgIpc) is 3.08. The molecule has 3 rings (SSSR count). The van der Waals surface area contributed by atoms with Crippen LogP contribution < -0.4 is 10.6 Å². The zero-order chi connectivity index (χ0) is 21.9. The zero-order valence-electron chi connectivity index (χ0n) is 16.2. The highest BCUT2D eigenvalue weighted by atomic mass is 19.4. The number of carbonyl (C=O) groups is 2. The van der Waals surface area contributed by atoms with E-state index in [1.807, 2.05) is 0 Å². The van der Waals surface area contributed by atoms with Crippen LogP contribution in [0.3, 0.4) is 0 Å². The van der Waals surface area contributed by atoms with E-state index in [-0.39, 0.29) is 18.0 Å². The first kappa shape index (κ1) is 21.6. The van der Waals surface area contributed by atoms with E-state index in [9.17, 15) is 27.2 Å². The van der Waals surface area contributed by atoms with Gasteiger partial charge >= 0.3 is 12.2 Å². The third kappa shape index (κ3) is 5.28. The van der Waals surface area contributed by atoms with Crippen LogP contribution >= 0.6 is 0 Å². The van der Waals surface area contributed by atoms with Gasteiger partial charge in [-0.1, -0.05) is 12.1 Å². The van der Waals surface area contributed by atoms with Crippen molar-refractivity contribution in [1.82, 2.24) is 10.2 Å². The highest BCUT2D eigenvalue weighted by Crippen LogP contribution is 2.31. The number of urea groups is 1. The largest absolute Gasteiger partial charge is 0.416 e. The second kappa shape index (κ2) is 8.73. The van der Waals surface area contributed by atoms with E-state index in [1.54, 1.807) is 6.92 Å². The van der Waals surface area contributed by atoms with Crippen LogP contribution in [0.25, 0.3) is 0 Å². The molecule has 1 atom stereocenters. The average molecular weight is 423 g/mol. The molecule has 1 unspecified atom stereocenters. The summed E-state index contributed by atoms with van der Waals surface area (Å²) < 4.78 is 52.8. The molecule has 0 bridgehead atoms. The van der Waals surface area contributed by atoms with E-state index in [0.29, 0.717) is 30.6 Å². The molecule has 2 aromatic carbocycles. The minimum atomic E-state index is -4.53. The molecule has 0 saturated carbocycles. The van der Waals surface area contributed by atoms with Crippen LogP contribution in [0.5, 0.6) is 0 Å². The third-order valence-corrected chi connectivity index (χ3v) is 4.91. The van der Waals surface area contributed by atoms with Gasteiger partial charge in [0.2, 0.25) is 5.91 Å². The number of hydrogen-bond donors (Lipinski definition) is 2. The number of halogens is 4. The molecule has 0 aliphatic carbocycles. The number of nitrogens with zero attached hydrogens (tertiary/aromatic N) is 1. The summed E-state index contributed by atoms with van der Waals surface area (Å²) in [6.45, 7) is 2.08. The number of amides is 3. The molecule has 2 aromatic rings. The van der Waals surface area contributed by atoms with E-state index in [0.717, 1.165) is 12.1 Å². The Morgan fingerprint density at radius 3 is 2.60 bits per heavy atom. The third-order valence-electron chi connectivity index (χ3n) is 4.91. The van der Waals surface area contributed by atoms with Gasteiger partial charge in [-0.25, -0.2) is 9.18 Å². The number of anilines is 1. The van der Waals surface area contributed by atoms with Gasteiger partial charge in [0.25, 0.3) is 0 Å². The van der Waals surface area contributed by atoms with Gasteiger partial charge < -0.3 is 15.5 Å². The summed E-state index contributed by atoms with van der Waals surface area (Å²) in [7, 11) is 0. The number of nitrogens with one attached hydrogen (secondary N) is 2. The molecule has 1 aliphatic rings. The molecule has 5 nitrogen and oxygen atoms in total. The minimum Gasteiger partial charge on any atom is -0.340 e. The summed E-state index contributed by atoms with van der Waals surface area (Å²) in [5.41, 5.74) is 0.0698. The van der Waals surface area contributed by atoms with Crippen LogP contribution in [0.1, 0.15) is 35.6 Å². The molecule has 2 N–H and O–H groups in total. The fraction of sp³-hybridized carbons (Fsp3) is 0.333. The smallest absolute Gasteiger partial charge is 0.340 e. The molecule has 160 valence electrons. The Bertz CT molecular complexity index is 946. The van der Waals surface area contributed by atoms with Gasteiger partial charge in [0.1, 0.15) is 5.82 Å². The van der Waals surface area contributed by atoms with E-state index >= 15 is 0 Å². The van der Waals surface area contributed by atoms with Crippen molar-refractivity contribution >= 4 is 17.6 Å². The van der Waals surface area contributed by atoms with Crippen LogP contribution in [0.2, 0.25) is 0 Å². The maximum absolute atomic E-state index is 13.4. The highest BCUT2D eigenvalue weighted by Gasteiger charge is 2.32. The quantitative estimate of drug-likeness (QED) is 0.689. The molecule has 1 fully saturated rings. The first-order valence-electron chi connectivity index (χ1n) is 9.42. The Morgan fingerprint density at radius 1 is 1.20 bits per heavy atom. The van der Waals surface area contributed by atoms with Crippen molar-refractivity contribution in [3.8, 4) is 0 Å². The fourth-order valence-electron chi connectivity index (χ4n) is 3.33. The first-order valence-corrected chi connectivity index (χ1v) is 9.42. The summed E-state index contributed by atoms with van der Waals surface area (Å²) >= 11 is 0. The molecule has 0 spiro atoms. The summed E-state index contributed by atoms with van der Waals surface area (Å²) in [6.07, 6.45) is -3.50. The van der Waals surface area contributed by atoms with Gasteiger partial charge in [0, 0.05) is 25.2 Å². The first-order chi connectivity index (χ1) is 14.1. The van der Waals surface area contributed by atoms with Crippen molar-refractivity contribution in [3.05, 3.63) is 65.0 Å². The normalized spacial score (nSPS) is 15.2. The molecule has 1 heterocycles. The number of rotatable bonds is 5. The van der Waals surface area contributed by atoms with Crippen molar-refractivity contribution in [1.29, 1.82) is 0 Å². The van der Waals surface area contributed by atoms with Gasteiger partial charge in [0.15, 0.2) is 0 Å². The van der Waals surface area contributed by atoms with Crippen molar-refractivity contribution in [2.24, 2.45) is 0 Å². The summed E-state index contributed by atoms with van der Waals surface area (Å²) in [4.78, 5) is 26.0. The Balaban J connectivity index is 1.81. The predicted octanol–water partition coefficient (Wildman–Crippen LogP) is 4.64. The highest BCUT2D eigenvalue weighted by molar-refractivity contribution is 5.89. The maximum atomic E-state index is 13.4. The fourth-order valence-corrected chi connectivity index (χ4v) is 3.33. The van der Waals surface area contributed by atoms with Crippen molar-refractivity contribution in [2.45, 2.75) is 32.0 Å². The lowest BCUT2D eigenvalue weighted by Crippen LogP contribution is -2.40. The molecule has 0 aromatic heterocycles. The van der Waals surface area contributed by atoms with Crippen molar-refractivity contribution < 1.29 is 27.2 Å². The van der Waals surface area contributed by atoms with Crippen LogP contribution in [0.4, 0.5) is 28.0 Å². The van der Waals surface area contributed by atoms with E-state index in [1.165, 1.54) is 35.2 Å². The Kier molecular flexibility index (Phi) is 6.28. The lowest BCUT2D eigenvalue weighted by atomic mass is 10.0. The van der Waals surface area contributed by atoms with Gasteiger partial charge in [-0.05, 0) is 54.8 Å². The second-order valence-electron chi connectivity index (χ2n) is 7.18. The molecule has 3 amide bonds. The molecular weight excluding hydrogens is 402 g/mol. The molecule has 1 saturated heterocycles. The Labute approximate surface area is 171 Å². The van der Waals surface area contributed by atoms with Gasteiger partial charge in [0.05, 0.1) is 11.6 Å². The van der Waals surface area contributed by atoms with Crippen LogP contribution in [0.15, 0.2) is 42.5 Å². The Morgan fingerprint density at radius 2 is 1.97 bits per heavy atom. The molecular formula is C21H21F4N3O2. The molecule has 9 heteroatoms. The predicted molar refractivity (Wildman–Crippen MR) is 103 cm³/mol. The van der Waals surface area contributed by atoms with Crippen molar-refractivity contribution in [3.63, 3.8) is 0 Å². The van der Waals surface area contributed by atoms with Gasteiger partial charge in [-0.3, -0.25) is 4.79 Å². The Hall–Kier alpha value is -3.10. The topological polar surface area (TPSA) is 61.4 Å². The number of aryl methyl sites for hydroxylation is 1. The zero-order valence-corrected chi connectivity index (χ0v) is 16.2. The monoisotopic (exact) mass is 423 g/mol. The number of alkyl halides is 3. The number of carbonyl (C=O) groups excluding carboxylic acids is 2. The van der Waals surface area contributed by atoms with Gasteiger partial charge in [-0.2, -0.15) is 13.2 Å². The minimum absolute atomic E-state index is 0.0516. The summed E-state index contributed by atoms with van der Waals surface area (Å²) in [6, 6.07) is 7.16. The number of hydrogen-bond acceptors (Lipinski definition) is 2. The summed E-state index contributed by atoms with van der Waals surface area (Å²) in [5.74, 6) is -0.529. The van der Waals surface area contributed by atoms with E-state index < -0.39 is 29.6 Å². The standard InChI is InChI=1S/C21H21F4N3O2/c1-13-10-16(7-8-17(13)22)26-20(30)27-18(12-28-9-3-6-19(28)29)14-4-2-5-15(11-14)21(23,24)25/h2,4-5,7-8,10-11,18H,3,6,9,12H2,1H3,(H2,26,27,30). The van der Waals surface area contributed by atoms with Crippen molar-refractivity contribution in [2.75, 3.05) is 18.4 Å². The lowest BCUT2D eigenvalue weighted by Gasteiger charge is -2.26. The van der Waals surface area contributed by atoms with Gasteiger partial charge in [-0.15, -0.1) is 0 Å². The van der Waals surface area contributed by atoms with Crippen LogP contribution in [-0.2, 0) is 11.0 Å². The number of likely N-dealkylation sites (tertiary alicyclic amines) is 1. The molecule has 30 heavy (non-hydrogen) atoms. The van der Waals surface area contributed by atoms with Crippen LogP contribution in [0, 0.1) is 12.7 Å². The summed E-state index contributed by atoms with van der Waals surface area (Å²) in [5, 5.41) is 5.19. The van der Waals surface area contributed by atoms with E-state index in [2.05, 4.69) is 10.6 Å². The SMILES string of the molecule is Cc1cc(NC(=O)NC(CN2CCCC2=O)c2cccc(C(F)(F)F)c2)ccc1F. The number of benzene rings is 2. The second-order valence-corrected chi connectivity index (χ2v) is 7.18. The molecule has 0 radical (unpaired) electrons. The maximum Gasteiger partial charge on any atom is 0.416 e. The van der Waals surface area contributed by atoms with E-state index in [4.69, 9.17) is 0 Å².